The van der Waals surface area contributed by atoms with Gasteiger partial charge in [-0.3, -0.25) is 9.59 Å². The van der Waals surface area contributed by atoms with Crippen LogP contribution in [-0.4, -0.2) is 32.2 Å². The zero-order valence-corrected chi connectivity index (χ0v) is 19.6. The van der Waals surface area contributed by atoms with E-state index in [9.17, 15) is 9.59 Å². The highest BCUT2D eigenvalue weighted by molar-refractivity contribution is 9.10. The first-order valence-corrected chi connectivity index (χ1v) is 10.6. The Morgan fingerprint density at radius 1 is 0.909 bits per heavy atom. The molecule has 0 aromatic heterocycles. The Balaban J connectivity index is 1.57. The van der Waals surface area contributed by atoms with E-state index in [0.29, 0.717) is 35.1 Å². The Morgan fingerprint density at radius 3 is 2.36 bits per heavy atom. The van der Waals surface area contributed by atoms with Crippen LogP contribution in [0.3, 0.4) is 0 Å². The smallest absolute Gasteiger partial charge is 0.329 e. The number of anilines is 1. The summed E-state index contributed by atoms with van der Waals surface area (Å²) in [6, 6.07) is 19.8. The molecule has 9 heteroatoms. The number of benzene rings is 3. The van der Waals surface area contributed by atoms with Gasteiger partial charge in [0.15, 0.2) is 11.5 Å². The Kier molecular flexibility index (Phi) is 8.43. The van der Waals surface area contributed by atoms with Crippen molar-refractivity contribution in [3.8, 4) is 17.2 Å². The monoisotopic (exact) mass is 511 g/mol. The summed E-state index contributed by atoms with van der Waals surface area (Å²) in [6.45, 7) is 0.383. The van der Waals surface area contributed by atoms with Crippen LogP contribution < -0.4 is 25.0 Å². The average Bonchev–Trinajstić information content (AvgIpc) is 2.84. The largest absolute Gasteiger partial charge is 0.495 e. The number of hydrogen-bond acceptors (Lipinski definition) is 6. The van der Waals surface area contributed by atoms with Crippen molar-refractivity contribution in [1.29, 1.82) is 0 Å². The van der Waals surface area contributed by atoms with Gasteiger partial charge in [-0.2, -0.15) is 5.10 Å². The molecule has 0 unspecified atom stereocenters. The normalized spacial score (nSPS) is 10.5. The lowest BCUT2D eigenvalue weighted by molar-refractivity contribution is -0.136. The molecule has 3 rings (SSSR count). The molecule has 2 amide bonds. The van der Waals surface area contributed by atoms with Crippen molar-refractivity contribution in [1.82, 2.24) is 5.43 Å². The molecule has 2 N–H and O–H groups in total. The maximum atomic E-state index is 12.1. The first-order chi connectivity index (χ1) is 16.0. The number of nitrogens with one attached hydrogen (secondary N) is 2. The van der Waals surface area contributed by atoms with E-state index in [-0.39, 0.29) is 0 Å². The van der Waals surface area contributed by atoms with Gasteiger partial charge in [0.05, 0.1) is 26.1 Å². The predicted octanol–water partition coefficient (Wildman–Crippen LogP) is 4.13. The number of para-hydroxylation sites is 2. The van der Waals surface area contributed by atoms with E-state index >= 15 is 0 Å². The van der Waals surface area contributed by atoms with E-state index in [1.54, 1.807) is 42.5 Å². The molecular formula is C24H22BrN3O5. The van der Waals surface area contributed by atoms with Crippen LogP contribution in [0.1, 0.15) is 11.1 Å². The quantitative estimate of drug-likeness (QED) is 0.269. The fourth-order valence-corrected chi connectivity index (χ4v) is 3.03. The van der Waals surface area contributed by atoms with Gasteiger partial charge >= 0.3 is 11.8 Å². The summed E-state index contributed by atoms with van der Waals surface area (Å²) in [5.74, 6) is -0.268. The summed E-state index contributed by atoms with van der Waals surface area (Å²) in [5.41, 5.74) is 4.24. The number of ether oxygens (including phenoxy) is 3. The average molecular weight is 512 g/mol. The minimum atomic E-state index is -0.918. The molecule has 170 valence electrons. The SMILES string of the molecule is COc1ccccc1NC(=O)C(=O)N/N=C\c1ccc(OCc2ccc(Br)cc2)c(OC)c1. The van der Waals surface area contributed by atoms with Crippen molar-refractivity contribution in [3.63, 3.8) is 0 Å². The summed E-state index contributed by atoms with van der Waals surface area (Å²) in [4.78, 5) is 24.1. The van der Waals surface area contributed by atoms with Gasteiger partial charge in [0.2, 0.25) is 0 Å². The zero-order chi connectivity index (χ0) is 23.6. The molecule has 0 aliphatic rings. The molecule has 0 radical (unpaired) electrons. The number of hydrazone groups is 1. The minimum Gasteiger partial charge on any atom is -0.495 e. The van der Waals surface area contributed by atoms with Gasteiger partial charge in [-0.1, -0.05) is 40.2 Å². The van der Waals surface area contributed by atoms with Crippen LogP contribution >= 0.6 is 15.9 Å². The van der Waals surface area contributed by atoms with Gasteiger partial charge in [-0.05, 0) is 53.6 Å². The molecule has 3 aromatic rings. The maximum Gasteiger partial charge on any atom is 0.329 e. The fraction of sp³-hybridized carbons (Fsp3) is 0.125. The minimum absolute atomic E-state index is 0.382. The molecule has 8 nitrogen and oxygen atoms in total. The van der Waals surface area contributed by atoms with E-state index in [4.69, 9.17) is 14.2 Å². The number of nitrogens with zero attached hydrogens (tertiary/aromatic N) is 1. The summed E-state index contributed by atoms with van der Waals surface area (Å²) < 4.78 is 17.4. The molecule has 0 spiro atoms. The van der Waals surface area contributed by atoms with E-state index in [1.807, 2.05) is 24.3 Å². The van der Waals surface area contributed by atoms with Crippen LogP contribution in [0.5, 0.6) is 17.2 Å². The van der Waals surface area contributed by atoms with E-state index in [2.05, 4.69) is 31.8 Å². The van der Waals surface area contributed by atoms with Gasteiger partial charge < -0.3 is 19.5 Å². The highest BCUT2D eigenvalue weighted by Gasteiger charge is 2.15. The van der Waals surface area contributed by atoms with Crippen molar-refractivity contribution < 1.29 is 23.8 Å². The van der Waals surface area contributed by atoms with Gasteiger partial charge in [-0.25, -0.2) is 5.43 Å². The molecule has 0 heterocycles. The van der Waals surface area contributed by atoms with Crippen molar-refractivity contribution in [2.75, 3.05) is 19.5 Å². The molecule has 33 heavy (non-hydrogen) atoms. The molecule has 3 aromatic carbocycles. The number of amides is 2. The van der Waals surface area contributed by atoms with Gasteiger partial charge in [0, 0.05) is 4.47 Å². The second-order valence-electron chi connectivity index (χ2n) is 6.68. The van der Waals surface area contributed by atoms with E-state index < -0.39 is 11.8 Å². The molecule has 0 aliphatic carbocycles. The first kappa shape index (κ1) is 23.8. The molecule has 0 fully saturated rings. The van der Waals surface area contributed by atoms with Crippen molar-refractivity contribution in [2.24, 2.45) is 5.10 Å². The van der Waals surface area contributed by atoms with Crippen molar-refractivity contribution in [3.05, 3.63) is 82.3 Å². The highest BCUT2D eigenvalue weighted by atomic mass is 79.9. The third kappa shape index (κ3) is 6.81. The second-order valence-corrected chi connectivity index (χ2v) is 7.59. The number of rotatable bonds is 8. The topological polar surface area (TPSA) is 98.2 Å². The first-order valence-electron chi connectivity index (χ1n) is 9.83. The third-order valence-electron chi connectivity index (χ3n) is 4.44. The Hall–Kier alpha value is -3.85. The zero-order valence-electron chi connectivity index (χ0n) is 18.0. The number of carbonyl (C=O) groups is 2. The summed E-state index contributed by atoms with van der Waals surface area (Å²) in [7, 11) is 3.01. The summed E-state index contributed by atoms with van der Waals surface area (Å²) in [5, 5.41) is 6.31. The third-order valence-corrected chi connectivity index (χ3v) is 4.97. The molecule has 0 bridgehead atoms. The molecule has 0 saturated heterocycles. The lowest BCUT2D eigenvalue weighted by atomic mass is 10.2. The standard InChI is InChI=1S/C24H22BrN3O5/c1-31-20-6-4-3-5-19(20)27-23(29)24(30)28-26-14-17-9-12-21(22(13-17)32-2)33-15-16-7-10-18(25)11-8-16/h3-14H,15H2,1-2H3,(H,27,29)(H,28,30)/b26-14-. The number of halogens is 1. The second kappa shape index (κ2) is 11.7. The van der Waals surface area contributed by atoms with Gasteiger partial charge in [0.25, 0.3) is 0 Å². The number of methoxy groups -OCH3 is 2. The van der Waals surface area contributed by atoms with Crippen LogP contribution in [-0.2, 0) is 16.2 Å². The fourth-order valence-electron chi connectivity index (χ4n) is 2.77. The van der Waals surface area contributed by atoms with Crippen LogP contribution in [0, 0.1) is 0 Å². The van der Waals surface area contributed by atoms with Crippen LogP contribution in [0.2, 0.25) is 0 Å². The van der Waals surface area contributed by atoms with Crippen molar-refractivity contribution in [2.45, 2.75) is 6.61 Å². The number of hydrogen-bond donors (Lipinski definition) is 2. The summed E-state index contributed by atoms with van der Waals surface area (Å²) in [6.07, 6.45) is 1.40. The maximum absolute atomic E-state index is 12.1. The van der Waals surface area contributed by atoms with Crippen LogP contribution in [0.15, 0.2) is 76.3 Å². The Bertz CT molecular complexity index is 1150. The summed E-state index contributed by atoms with van der Waals surface area (Å²) >= 11 is 3.40. The molecule has 0 saturated carbocycles. The van der Waals surface area contributed by atoms with Gasteiger partial charge in [0.1, 0.15) is 12.4 Å². The highest BCUT2D eigenvalue weighted by Crippen LogP contribution is 2.28. The van der Waals surface area contributed by atoms with Crippen LogP contribution in [0.4, 0.5) is 5.69 Å². The van der Waals surface area contributed by atoms with Gasteiger partial charge in [-0.15, -0.1) is 0 Å². The Labute approximate surface area is 199 Å². The number of carbonyl (C=O) groups excluding carboxylic acids is 2. The lowest BCUT2D eigenvalue weighted by Gasteiger charge is -2.11. The van der Waals surface area contributed by atoms with E-state index in [1.165, 1.54) is 20.4 Å². The molecular weight excluding hydrogens is 490 g/mol. The van der Waals surface area contributed by atoms with Crippen LogP contribution in [0.25, 0.3) is 0 Å². The van der Waals surface area contributed by atoms with Crippen molar-refractivity contribution >= 4 is 39.6 Å². The Morgan fingerprint density at radius 2 is 1.64 bits per heavy atom. The molecule has 0 atom stereocenters. The predicted molar refractivity (Wildman–Crippen MR) is 129 cm³/mol. The van der Waals surface area contributed by atoms with E-state index in [0.717, 1.165) is 10.0 Å². The lowest BCUT2D eigenvalue weighted by Crippen LogP contribution is -2.32. The molecule has 0 aliphatic heterocycles.